The number of halogens is 5. The van der Waals surface area contributed by atoms with Gasteiger partial charge in [-0.1, -0.05) is 6.07 Å². The van der Waals surface area contributed by atoms with Crippen molar-refractivity contribution in [1.29, 1.82) is 0 Å². The van der Waals surface area contributed by atoms with E-state index in [0.29, 0.717) is 26.2 Å². The summed E-state index contributed by atoms with van der Waals surface area (Å²) in [6.07, 6.45) is -4.44. The Bertz CT molecular complexity index is 493. The fraction of sp³-hybridized carbons (Fsp3) is 0.600. The number of piperazine rings is 1. The number of methoxy groups -OCH3 is 1. The van der Waals surface area contributed by atoms with Crippen LogP contribution in [0.4, 0.5) is 17.6 Å². The molecule has 3 nitrogen and oxygen atoms in total. The number of benzene rings is 1. The summed E-state index contributed by atoms with van der Waals surface area (Å²) in [6.45, 7) is 1.94. The van der Waals surface area contributed by atoms with Crippen molar-refractivity contribution in [3.05, 3.63) is 29.3 Å². The molecule has 1 aliphatic rings. The maximum atomic E-state index is 13.4. The number of nitrogens with one attached hydrogen (secondary N) is 1. The summed E-state index contributed by atoms with van der Waals surface area (Å²) in [5.41, 5.74) is -0.628. The average molecular weight is 357 g/mol. The van der Waals surface area contributed by atoms with E-state index >= 15 is 0 Å². The molecule has 23 heavy (non-hydrogen) atoms. The zero-order valence-electron chi connectivity index (χ0n) is 12.8. The van der Waals surface area contributed by atoms with Crippen LogP contribution in [0.15, 0.2) is 18.2 Å². The minimum absolute atomic E-state index is 0. The van der Waals surface area contributed by atoms with E-state index in [0.717, 1.165) is 6.07 Å². The van der Waals surface area contributed by atoms with Gasteiger partial charge in [-0.15, -0.1) is 12.4 Å². The molecule has 0 radical (unpaired) electrons. The van der Waals surface area contributed by atoms with Crippen molar-refractivity contribution < 1.29 is 22.3 Å². The molecule has 1 N–H and O–H groups in total. The zero-order valence-corrected chi connectivity index (χ0v) is 13.6. The van der Waals surface area contributed by atoms with Crippen molar-refractivity contribution >= 4 is 12.4 Å². The summed E-state index contributed by atoms with van der Waals surface area (Å²) in [4.78, 5) is 1.91. The lowest BCUT2D eigenvalue weighted by Gasteiger charge is -2.36. The van der Waals surface area contributed by atoms with Gasteiger partial charge in [-0.2, -0.15) is 13.2 Å². The van der Waals surface area contributed by atoms with E-state index < -0.39 is 24.5 Å². The van der Waals surface area contributed by atoms with Crippen LogP contribution in [0.2, 0.25) is 0 Å². The van der Waals surface area contributed by atoms with Crippen molar-refractivity contribution in [3.8, 4) is 5.75 Å². The highest BCUT2D eigenvalue weighted by Crippen LogP contribution is 2.39. The molecule has 1 saturated heterocycles. The van der Waals surface area contributed by atoms with Gasteiger partial charge in [0.15, 0.2) is 0 Å². The summed E-state index contributed by atoms with van der Waals surface area (Å²) in [5.74, 6) is 0.149. The van der Waals surface area contributed by atoms with Crippen molar-refractivity contribution in [3.63, 3.8) is 0 Å². The van der Waals surface area contributed by atoms with Crippen LogP contribution in [-0.4, -0.2) is 44.9 Å². The van der Waals surface area contributed by atoms with Crippen LogP contribution in [-0.2, 0) is 6.18 Å². The predicted molar refractivity (Wildman–Crippen MR) is 83.0 cm³/mol. The number of hydrogen-bond acceptors (Lipinski definition) is 3. The molecule has 0 spiro atoms. The first-order valence-corrected chi connectivity index (χ1v) is 7.23. The second-order valence-electron chi connectivity index (χ2n) is 5.23. The second-order valence-corrected chi connectivity index (χ2v) is 5.23. The maximum absolute atomic E-state index is 13.4. The second kappa shape index (κ2) is 8.70. The molecular weight excluding hydrogens is 336 g/mol. The Balaban J connectivity index is 0.00000264. The summed E-state index contributed by atoms with van der Waals surface area (Å²) < 4.78 is 57.9. The molecule has 0 unspecified atom stereocenters. The van der Waals surface area contributed by atoms with Crippen molar-refractivity contribution in [2.45, 2.75) is 18.6 Å². The number of hydrogen-bond donors (Lipinski definition) is 1. The molecule has 0 aromatic heterocycles. The van der Waals surface area contributed by atoms with Gasteiger partial charge in [-0.25, -0.2) is 0 Å². The third-order valence-corrected chi connectivity index (χ3v) is 3.90. The van der Waals surface area contributed by atoms with Crippen LogP contribution in [0.1, 0.15) is 23.6 Å². The molecule has 0 amide bonds. The summed E-state index contributed by atoms with van der Waals surface area (Å²) in [7, 11) is 1.32. The molecule has 2 rings (SSSR count). The van der Waals surface area contributed by atoms with E-state index in [1.54, 1.807) is 0 Å². The number of nitrogens with zero attached hydrogens (tertiary/aromatic N) is 1. The van der Waals surface area contributed by atoms with Crippen molar-refractivity contribution in [2.75, 3.05) is 40.0 Å². The first kappa shape index (κ1) is 20.0. The SMILES string of the molecule is COc1ccc([C@@H](CCF)N2CCNCC2)c(C(F)(F)F)c1.Cl. The van der Waals surface area contributed by atoms with Gasteiger partial charge in [0.05, 0.1) is 19.3 Å². The van der Waals surface area contributed by atoms with E-state index in [1.807, 2.05) is 4.90 Å². The number of alkyl halides is 4. The lowest BCUT2D eigenvalue weighted by Crippen LogP contribution is -2.45. The smallest absolute Gasteiger partial charge is 0.416 e. The van der Waals surface area contributed by atoms with Gasteiger partial charge >= 0.3 is 6.18 Å². The Morgan fingerprint density at radius 1 is 1.26 bits per heavy atom. The molecule has 1 aromatic carbocycles. The molecule has 1 aliphatic heterocycles. The molecule has 1 fully saturated rings. The lowest BCUT2D eigenvalue weighted by molar-refractivity contribution is -0.139. The molecule has 0 aliphatic carbocycles. The fourth-order valence-electron chi connectivity index (χ4n) is 2.83. The van der Waals surface area contributed by atoms with Gasteiger partial charge in [0, 0.05) is 32.2 Å². The van der Waals surface area contributed by atoms with Crippen molar-refractivity contribution in [2.24, 2.45) is 0 Å². The number of rotatable bonds is 5. The average Bonchev–Trinajstić information content (AvgIpc) is 2.52. The normalized spacial score (nSPS) is 17.4. The van der Waals surface area contributed by atoms with Gasteiger partial charge in [0.25, 0.3) is 0 Å². The third-order valence-electron chi connectivity index (χ3n) is 3.90. The minimum Gasteiger partial charge on any atom is -0.497 e. The van der Waals surface area contributed by atoms with E-state index in [1.165, 1.54) is 19.2 Å². The maximum Gasteiger partial charge on any atom is 0.416 e. The van der Waals surface area contributed by atoms with E-state index in [4.69, 9.17) is 4.74 Å². The highest BCUT2D eigenvalue weighted by molar-refractivity contribution is 5.85. The Morgan fingerprint density at radius 3 is 2.43 bits per heavy atom. The summed E-state index contributed by atoms with van der Waals surface area (Å²) in [5, 5.41) is 3.15. The van der Waals surface area contributed by atoms with Crippen molar-refractivity contribution in [1.82, 2.24) is 10.2 Å². The monoisotopic (exact) mass is 356 g/mol. The molecular formula is C15H21ClF4N2O. The molecule has 1 atom stereocenters. The van der Waals surface area contributed by atoms with Crippen LogP contribution in [0.3, 0.4) is 0 Å². The predicted octanol–water partition coefficient (Wildman–Crippen LogP) is 3.44. The third kappa shape index (κ3) is 4.96. The highest BCUT2D eigenvalue weighted by Gasteiger charge is 2.37. The minimum atomic E-state index is -4.49. The highest BCUT2D eigenvalue weighted by atomic mass is 35.5. The van der Waals surface area contributed by atoms with Crippen LogP contribution in [0.5, 0.6) is 5.75 Å². The molecule has 0 bridgehead atoms. The van der Waals surface area contributed by atoms with E-state index in [9.17, 15) is 17.6 Å². The van der Waals surface area contributed by atoms with Crippen LogP contribution >= 0.6 is 12.4 Å². The standard InChI is InChI=1S/C15H20F4N2O.ClH/c1-22-11-2-3-12(13(10-11)15(17,18)19)14(4-5-16)21-8-6-20-7-9-21;/h2-3,10,14,20H,4-9H2,1H3;1H/t14-;/m1./s1. The van der Waals surface area contributed by atoms with Gasteiger partial charge in [-0.05, 0) is 24.1 Å². The van der Waals surface area contributed by atoms with Gasteiger partial charge in [0.1, 0.15) is 5.75 Å². The fourth-order valence-corrected chi connectivity index (χ4v) is 2.83. The Labute approximate surface area is 139 Å². The largest absolute Gasteiger partial charge is 0.497 e. The van der Waals surface area contributed by atoms with Crippen LogP contribution < -0.4 is 10.1 Å². The van der Waals surface area contributed by atoms with E-state index in [-0.39, 0.29) is 30.1 Å². The lowest BCUT2D eigenvalue weighted by atomic mass is 9.95. The molecule has 1 aromatic rings. The van der Waals surface area contributed by atoms with Crippen LogP contribution in [0.25, 0.3) is 0 Å². The van der Waals surface area contributed by atoms with Crippen LogP contribution in [0, 0.1) is 0 Å². The quantitative estimate of drug-likeness (QED) is 0.818. The van der Waals surface area contributed by atoms with Gasteiger partial charge < -0.3 is 10.1 Å². The first-order valence-electron chi connectivity index (χ1n) is 7.23. The number of ether oxygens (including phenoxy) is 1. The Kier molecular flexibility index (Phi) is 7.57. The summed E-state index contributed by atoms with van der Waals surface area (Å²) >= 11 is 0. The van der Waals surface area contributed by atoms with Gasteiger partial charge in [0.2, 0.25) is 0 Å². The summed E-state index contributed by atoms with van der Waals surface area (Å²) in [6, 6.07) is 3.32. The zero-order chi connectivity index (χ0) is 16.2. The Hall–Kier alpha value is -1.05. The molecule has 1 heterocycles. The molecule has 8 heteroatoms. The van der Waals surface area contributed by atoms with Gasteiger partial charge in [-0.3, -0.25) is 9.29 Å². The topological polar surface area (TPSA) is 24.5 Å². The van der Waals surface area contributed by atoms with E-state index in [2.05, 4.69) is 5.32 Å². The first-order chi connectivity index (χ1) is 10.5. The molecule has 132 valence electrons. The Morgan fingerprint density at radius 2 is 1.91 bits per heavy atom. The molecule has 0 saturated carbocycles.